The van der Waals surface area contributed by atoms with Crippen molar-refractivity contribution in [3.8, 4) is 16.8 Å². The minimum atomic E-state index is -0.407. The third kappa shape index (κ3) is 4.92. The standard InChI is InChI=1S/C48H38N4O/c1-48(2)38-23-11-9-20-33(38)36-27-37-34-21-10-12-24-40(34)52(42(37)28-39(36)48)41-25-14-22-35-44-32(19-13-26-43(44)53-45(35)41)29-50-47(31-17-7-4-8-18-31)51-46(49)30-15-5-3-6-16-30/h3-28,46H,29,49H2,1-2H3,(H,50,51). The summed E-state index contributed by atoms with van der Waals surface area (Å²) in [5.74, 6) is 0.746. The number of rotatable bonds is 6. The van der Waals surface area contributed by atoms with E-state index < -0.39 is 6.17 Å². The summed E-state index contributed by atoms with van der Waals surface area (Å²) in [6.45, 7) is 5.13. The first kappa shape index (κ1) is 31.3. The summed E-state index contributed by atoms with van der Waals surface area (Å²) in [5, 5.41) is 8.10. The van der Waals surface area contributed by atoms with Crippen LogP contribution in [0.25, 0.3) is 60.6 Å². The molecule has 0 radical (unpaired) electrons. The molecule has 3 N–H and O–H groups in total. The second-order valence-electron chi connectivity index (χ2n) is 14.5. The van der Waals surface area contributed by atoms with Gasteiger partial charge in [-0.1, -0.05) is 141 Å². The molecule has 2 heterocycles. The Hall–Kier alpha value is -6.43. The number of aliphatic imine (C=N–C) groups is 1. The molecular formula is C48H38N4O. The first-order valence-electron chi connectivity index (χ1n) is 18.3. The van der Waals surface area contributed by atoms with Gasteiger partial charge in [-0.15, -0.1) is 0 Å². The van der Waals surface area contributed by atoms with E-state index in [-0.39, 0.29) is 5.41 Å². The highest BCUT2D eigenvalue weighted by Gasteiger charge is 2.36. The van der Waals surface area contributed by atoms with Crippen LogP contribution in [0.1, 0.15) is 47.8 Å². The number of nitrogens with two attached hydrogens (primary N) is 1. The van der Waals surface area contributed by atoms with E-state index in [0.717, 1.165) is 55.7 Å². The first-order chi connectivity index (χ1) is 26.0. The summed E-state index contributed by atoms with van der Waals surface area (Å²) < 4.78 is 9.24. The maximum Gasteiger partial charge on any atom is 0.159 e. The number of nitrogens with zero attached hydrogens (tertiary/aromatic N) is 2. The topological polar surface area (TPSA) is 68.5 Å². The number of hydrogen-bond acceptors (Lipinski definition) is 3. The van der Waals surface area contributed by atoms with Crippen molar-refractivity contribution < 1.29 is 4.42 Å². The Morgan fingerprint density at radius 1 is 0.679 bits per heavy atom. The second-order valence-corrected chi connectivity index (χ2v) is 14.5. The fourth-order valence-corrected chi connectivity index (χ4v) is 8.51. The van der Waals surface area contributed by atoms with Crippen LogP contribution in [0, 0.1) is 0 Å². The van der Waals surface area contributed by atoms with Crippen molar-refractivity contribution in [3.63, 3.8) is 0 Å². The number of amidine groups is 1. The van der Waals surface area contributed by atoms with Gasteiger partial charge >= 0.3 is 0 Å². The number of benzene rings is 7. The Labute approximate surface area is 308 Å². The van der Waals surface area contributed by atoms with E-state index in [0.29, 0.717) is 6.54 Å². The van der Waals surface area contributed by atoms with Gasteiger partial charge in [0, 0.05) is 32.5 Å². The fourth-order valence-electron chi connectivity index (χ4n) is 8.51. The van der Waals surface area contributed by atoms with E-state index in [1.165, 1.54) is 38.5 Å². The van der Waals surface area contributed by atoms with E-state index in [1.807, 2.05) is 48.5 Å². The molecule has 1 unspecified atom stereocenters. The van der Waals surface area contributed by atoms with Crippen LogP contribution >= 0.6 is 0 Å². The van der Waals surface area contributed by atoms with Crippen LogP contribution in [0.2, 0.25) is 0 Å². The molecule has 2 aromatic heterocycles. The van der Waals surface area contributed by atoms with E-state index >= 15 is 0 Å². The molecule has 1 atom stereocenters. The molecule has 53 heavy (non-hydrogen) atoms. The molecule has 0 spiro atoms. The highest BCUT2D eigenvalue weighted by molar-refractivity contribution is 6.14. The maximum absolute atomic E-state index is 6.84. The van der Waals surface area contributed by atoms with E-state index in [2.05, 4.69) is 133 Å². The van der Waals surface area contributed by atoms with E-state index in [1.54, 1.807) is 0 Å². The molecule has 256 valence electrons. The molecule has 0 fully saturated rings. The number of fused-ring (bicyclic) bond motifs is 9. The van der Waals surface area contributed by atoms with Crippen LogP contribution in [-0.2, 0) is 12.0 Å². The lowest BCUT2D eigenvalue weighted by Gasteiger charge is -2.21. The minimum absolute atomic E-state index is 0.110. The van der Waals surface area contributed by atoms with Crippen molar-refractivity contribution in [2.75, 3.05) is 0 Å². The van der Waals surface area contributed by atoms with Gasteiger partial charge in [0.15, 0.2) is 5.58 Å². The van der Waals surface area contributed by atoms with Gasteiger partial charge in [-0.2, -0.15) is 0 Å². The molecule has 7 aromatic carbocycles. The van der Waals surface area contributed by atoms with Crippen molar-refractivity contribution in [1.29, 1.82) is 0 Å². The van der Waals surface area contributed by atoms with Crippen LogP contribution in [0.4, 0.5) is 0 Å². The van der Waals surface area contributed by atoms with Crippen molar-refractivity contribution in [2.45, 2.75) is 32.0 Å². The average Bonchev–Trinajstić information content (AvgIpc) is 3.82. The van der Waals surface area contributed by atoms with Gasteiger partial charge in [-0.05, 0) is 63.7 Å². The summed E-state index contributed by atoms with van der Waals surface area (Å²) >= 11 is 0. The molecule has 5 nitrogen and oxygen atoms in total. The zero-order valence-corrected chi connectivity index (χ0v) is 29.7. The lowest BCUT2D eigenvalue weighted by atomic mass is 9.82. The lowest BCUT2D eigenvalue weighted by molar-refractivity contribution is 0.660. The number of nitrogens with one attached hydrogen (secondary N) is 1. The summed E-state index contributed by atoms with van der Waals surface area (Å²) in [4.78, 5) is 5.16. The first-order valence-corrected chi connectivity index (χ1v) is 18.3. The van der Waals surface area contributed by atoms with Gasteiger partial charge in [0.2, 0.25) is 0 Å². The molecule has 0 saturated carbocycles. The smallest absolute Gasteiger partial charge is 0.159 e. The Balaban J connectivity index is 1.13. The molecule has 10 rings (SSSR count). The van der Waals surface area contributed by atoms with Gasteiger partial charge in [0.05, 0.1) is 23.3 Å². The highest BCUT2D eigenvalue weighted by atomic mass is 16.3. The normalized spacial score (nSPS) is 14.2. The summed E-state index contributed by atoms with van der Waals surface area (Å²) in [6, 6.07) is 55.4. The zero-order chi connectivity index (χ0) is 35.7. The highest BCUT2D eigenvalue weighted by Crippen LogP contribution is 2.51. The van der Waals surface area contributed by atoms with Gasteiger partial charge < -0.3 is 20.0 Å². The quantitative estimate of drug-likeness (QED) is 0.104. The monoisotopic (exact) mass is 686 g/mol. The molecule has 1 aliphatic rings. The number of hydrogen-bond donors (Lipinski definition) is 2. The number of aromatic nitrogens is 1. The fraction of sp³-hybridized carbons (Fsp3) is 0.104. The van der Waals surface area contributed by atoms with Gasteiger partial charge in [-0.25, -0.2) is 0 Å². The van der Waals surface area contributed by atoms with Gasteiger partial charge in [-0.3, -0.25) is 4.99 Å². The van der Waals surface area contributed by atoms with Crippen LogP contribution in [0.15, 0.2) is 167 Å². The molecule has 0 bridgehead atoms. The number of para-hydroxylation sites is 2. The minimum Gasteiger partial charge on any atom is -0.454 e. The van der Waals surface area contributed by atoms with E-state index in [9.17, 15) is 0 Å². The zero-order valence-electron chi connectivity index (χ0n) is 29.7. The third-order valence-corrected chi connectivity index (χ3v) is 11.1. The molecule has 0 aliphatic heterocycles. The van der Waals surface area contributed by atoms with Crippen LogP contribution in [0.3, 0.4) is 0 Å². The SMILES string of the molecule is CC1(C)c2ccccc2-c2cc3c4ccccc4n(-c4cccc5c4oc4cccc(CN=C(NC(N)c6ccccc6)c6ccccc6)c45)c3cc21. The number of furan rings is 1. The van der Waals surface area contributed by atoms with Crippen LogP contribution < -0.4 is 11.1 Å². The Morgan fingerprint density at radius 3 is 2.25 bits per heavy atom. The third-order valence-electron chi connectivity index (χ3n) is 11.1. The summed E-state index contributed by atoms with van der Waals surface area (Å²) in [7, 11) is 0. The Kier molecular flexibility index (Phi) is 7.14. The molecule has 9 aromatic rings. The molecular weight excluding hydrogens is 649 g/mol. The van der Waals surface area contributed by atoms with Crippen molar-refractivity contribution >= 4 is 49.6 Å². The molecule has 0 saturated heterocycles. The predicted molar refractivity (Wildman–Crippen MR) is 219 cm³/mol. The van der Waals surface area contributed by atoms with Gasteiger partial charge in [0.1, 0.15) is 17.6 Å². The van der Waals surface area contributed by atoms with Crippen molar-refractivity contribution in [2.24, 2.45) is 10.7 Å². The van der Waals surface area contributed by atoms with Gasteiger partial charge in [0.25, 0.3) is 0 Å². The second kappa shape index (κ2) is 12.1. The predicted octanol–water partition coefficient (Wildman–Crippen LogP) is 11.2. The Bertz CT molecular complexity index is 2880. The molecule has 5 heteroatoms. The molecule has 1 aliphatic carbocycles. The largest absolute Gasteiger partial charge is 0.454 e. The maximum atomic E-state index is 6.84. The Morgan fingerprint density at radius 2 is 1.40 bits per heavy atom. The molecule has 0 amide bonds. The summed E-state index contributed by atoms with van der Waals surface area (Å²) in [5.41, 5.74) is 20.0. The van der Waals surface area contributed by atoms with Crippen molar-refractivity contribution in [1.82, 2.24) is 9.88 Å². The van der Waals surface area contributed by atoms with Crippen LogP contribution in [0.5, 0.6) is 0 Å². The summed E-state index contributed by atoms with van der Waals surface area (Å²) in [6.07, 6.45) is -0.407. The van der Waals surface area contributed by atoms with Crippen molar-refractivity contribution in [3.05, 3.63) is 186 Å². The lowest BCUT2D eigenvalue weighted by Crippen LogP contribution is -2.34. The average molecular weight is 687 g/mol. The van der Waals surface area contributed by atoms with Crippen LogP contribution in [-0.4, -0.2) is 10.4 Å². The van der Waals surface area contributed by atoms with E-state index in [4.69, 9.17) is 15.1 Å².